The van der Waals surface area contributed by atoms with Crippen LogP contribution in [0.15, 0.2) is 194 Å². The lowest BCUT2D eigenvalue weighted by atomic mass is 9.73. The SMILES string of the molecule is CC1(C)c2ccccc2-c2ccc(N(c3ccccc3)c3ccc4ccccc4c3N3c4ccccc4C(C)(C)c4ccc(-c5ccc6ccccc6c5)cc43)cc21. The lowest BCUT2D eigenvalue weighted by molar-refractivity contribution is 0.632. The van der Waals surface area contributed by atoms with Gasteiger partial charge in [-0.15, -0.1) is 0 Å². The Labute approximate surface area is 341 Å². The van der Waals surface area contributed by atoms with Crippen LogP contribution in [-0.4, -0.2) is 0 Å². The van der Waals surface area contributed by atoms with Crippen molar-refractivity contribution in [3.63, 3.8) is 0 Å². The van der Waals surface area contributed by atoms with Gasteiger partial charge in [0.05, 0.1) is 22.7 Å². The normalized spacial score (nSPS) is 14.4. The molecule has 0 saturated carbocycles. The summed E-state index contributed by atoms with van der Waals surface area (Å²) in [5.74, 6) is 0. The van der Waals surface area contributed by atoms with Crippen molar-refractivity contribution in [2.75, 3.05) is 9.80 Å². The monoisotopic (exact) mass is 744 g/mol. The summed E-state index contributed by atoms with van der Waals surface area (Å²) in [7, 11) is 0. The molecule has 11 rings (SSSR count). The van der Waals surface area contributed by atoms with Gasteiger partial charge in [0.1, 0.15) is 0 Å². The highest BCUT2D eigenvalue weighted by Crippen LogP contribution is 2.58. The van der Waals surface area contributed by atoms with E-state index >= 15 is 0 Å². The fraction of sp³-hybridized carbons (Fsp3) is 0.107. The second kappa shape index (κ2) is 12.8. The molecule has 1 aliphatic heterocycles. The maximum atomic E-state index is 2.57. The van der Waals surface area contributed by atoms with E-state index in [0.29, 0.717) is 0 Å². The van der Waals surface area contributed by atoms with E-state index in [-0.39, 0.29) is 10.8 Å². The Hall–Kier alpha value is -6.90. The molecule has 0 spiro atoms. The molecule has 2 aliphatic rings. The van der Waals surface area contributed by atoms with Crippen LogP contribution >= 0.6 is 0 Å². The van der Waals surface area contributed by atoms with Gasteiger partial charge in [0, 0.05) is 27.6 Å². The van der Waals surface area contributed by atoms with Crippen molar-refractivity contribution in [1.82, 2.24) is 0 Å². The number of para-hydroxylation sites is 2. The minimum atomic E-state index is -0.227. The van der Waals surface area contributed by atoms with Crippen LogP contribution < -0.4 is 9.80 Å². The second-order valence-corrected chi connectivity index (χ2v) is 17.0. The maximum absolute atomic E-state index is 2.57. The Balaban J connectivity index is 1.20. The molecule has 9 aromatic rings. The Morgan fingerprint density at radius 2 is 0.983 bits per heavy atom. The third kappa shape index (κ3) is 5.11. The summed E-state index contributed by atoms with van der Waals surface area (Å²) >= 11 is 0. The average molecular weight is 745 g/mol. The average Bonchev–Trinajstić information content (AvgIpc) is 3.49. The van der Waals surface area contributed by atoms with Gasteiger partial charge in [0.2, 0.25) is 0 Å². The number of benzene rings is 9. The van der Waals surface area contributed by atoms with Gasteiger partial charge < -0.3 is 9.80 Å². The van der Waals surface area contributed by atoms with Gasteiger partial charge in [-0.1, -0.05) is 173 Å². The quantitative estimate of drug-likeness (QED) is 0.173. The summed E-state index contributed by atoms with van der Waals surface area (Å²) in [5.41, 5.74) is 17.0. The minimum absolute atomic E-state index is 0.133. The molecule has 0 radical (unpaired) electrons. The molecule has 1 aliphatic carbocycles. The van der Waals surface area contributed by atoms with E-state index in [4.69, 9.17) is 0 Å². The first-order valence-electron chi connectivity index (χ1n) is 20.4. The Morgan fingerprint density at radius 3 is 1.83 bits per heavy atom. The molecular weight excluding hydrogens is 701 g/mol. The topological polar surface area (TPSA) is 6.48 Å². The van der Waals surface area contributed by atoms with Crippen LogP contribution in [0.1, 0.15) is 49.9 Å². The van der Waals surface area contributed by atoms with Crippen LogP contribution in [0, 0.1) is 0 Å². The zero-order valence-corrected chi connectivity index (χ0v) is 33.4. The lowest BCUT2D eigenvalue weighted by Gasteiger charge is -2.44. The summed E-state index contributed by atoms with van der Waals surface area (Å²) in [4.78, 5) is 5.05. The van der Waals surface area contributed by atoms with Gasteiger partial charge in [0.25, 0.3) is 0 Å². The van der Waals surface area contributed by atoms with Crippen molar-refractivity contribution in [3.8, 4) is 22.3 Å². The Morgan fingerprint density at radius 1 is 0.379 bits per heavy atom. The molecule has 0 bridgehead atoms. The molecule has 0 saturated heterocycles. The van der Waals surface area contributed by atoms with Crippen molar-refractivity contribution in [3.05, 3.63) is 216 Å². The molecule has 278 valence electrons. The zero-order valence-electron chi connectivity index (χ0n) is 33.4. The lowest BCUT2D eigenvalue weighted by Crippen LogP contribution is -2.31. The summed E-state index contributed by atoms with van der Waals surface area (Å²) in [6.45, 7) is 9.49. The molecule has 2 nitrogen and oxygen atoms in total. The largest absolute Gasteiger partial charge is 0.308 e. The van der Waals surface area contributed by atoms with Gasteiger partial charge in [-0.05, 0) is 109 Å². The smallest absolute Gasteiger partial charge is 0.0781 e. The van der Waals surface area contributed by atoms with Crippen LogP contribution in [-0.2, 0) is 10.8 Å². The molecular formula is C56H44N2. The van der Waals surface area contributed by atoms with E-state index in [1.165, 1.54) is 77.4 Å². The molecule has 2 heteroatoms. The molecule has 0 N–H and O–H groups in total. The third-order valence-corrected chi connectivity index (χ3v) is 13.0. The number of anilines is 6. The molecule has 9 aromatic carbocycles. The number of hydrogen-bond acceptors (Lipinski definition) is 2. The summed E-state index contributed by atoms with van der Waals surface area (Å²) in [6, 6.07) is 72.1. The molecule has 0 aromatic heterocycles. The first-order chi connectivity index (χ1) is 28.3. The highest BCUT2D eigenvalue weighted by atomic mass is 15.2. The Bertz CT molecular complexity index is 3080. The van der Waals surface area contributed by atoms with E-state index in [0.717, 1.165) is 22.7 Å². The number of hydrogen-bond donors (Lipinski definition) is 0. The summed E-state index contributed by atoms with van der Waals surface area (Å²) in [6.07, 6.45) is 0. The highest BCUT2D eigenvalue weighted by Gasteiger charge is 2.40. The molecule has 0 amide bonds. The van der Waals surface area contributed by atoms with Crippen LogP contribution in [0.25, 0.3) is 43.8 Å². The second-order valence-electron chi connectivity index (χ2n) is 17.0. The maximum Gasteiger partial charge on any atom is 0.0781 e. The van der Waals surface area contributed by atoms with Crippen LogP contribution in [0.3, 0.4) is 0 Å². The molecule has 0 fully saturated rings. The van der Waals surface area contributed by atoms with Crippen molar-refractivity contribution in [2.24, 2.45) is 0 Å². The molecule has 0 atom stereocenters. The number of fused-ring (bicyclic) bond motifs is 7. The predicted molar refractivity (Wildman–Crippen MR) is 246 cm³/mol. The van der Waals surface area contributed by atoms with Gasteiger partial charge >= 0.3 is 0 Å². The predicted octanol–water partition coefficient (Wildman–Crippen LogP) is 15.5. The van der Waals surface area contributed by atoms with Gasteiger partial charge in [-0.3, -0.25) is 0 Å². The van der Waals surface area contributed by atoms with Gasteiger partial charge in [0.15, 0.2) is 0 Å². The fourth-order valence-electron chi connectivity index (χ4n) is 10.0. The van der Waals surface area contributed by atoms with Crippen LogP contribution in [0.2, 0.25) is 0 Å². The van der Waals surface area contributed by atoms with E-state index in [9.17, 15) is 0 Å². The third-order valence-electron chi connectivity index (χ3n) is 13.0. The first kappa shape index (κ1) is 34.4. The molecule has 0 unspecified atom stereocenters. The fourth-order valence-corrected chi connectivity index (χ4v) is 10.0. The van der Waals surface area contributed by atoms with E-state index in [1.807, 2.05) is 0 Å². The number of nitrogens with zero attached hydrogens (tertiary/aromatic N) is 2. The van der Waals surface area contributed by atoms with Crippen molar-refractivity contribution in [2.45, 2.75) is 38.5 Å². The first-order valence-corrected chi connectivity index (χ1v) is 20.4. The summed E-state index contributed by atoms with van der Waals surface area (Å²) in [5, 5.41) is 4.90. The zero-order chi connectivity index (χ0) is 39.2. The summed E-state index contributed by atoms with van der Waals surface area (Å²) < 4.78 is 0. The molecule has 58 heavy (non-hydrogen) atoms. The van der Waals surface area contributed by atoms with E-state index < -0.39 is 0 Å². The Kier molecular flexibility index (Phi) is 7.59. The van der Waals surface area contributed by atoms with Crippen LogP contribution in [0.4, 0.5) is 34.1 Å². The standard InChI is InChI=1S/C56H44N2/c1-55(2)47-23-13-12-22-45(47)46-31-30-43(36-50(46)55)57(42-19-6-5-7-20-42)52-33-29-38-17-10-11-21-44(38)54(52)58-51-25-15-14-24-48(51)56(3,4)49-32-28-41(35-53(49)58)40-27-26-37-16-8-9-18-39(37)34-40/h5-36H,1-4H3. The van der Waals surface area contributed by atoms with Gasteiger partial charge in [-0.2, -0.15) is 0 Å². The van der Waals surface area contributed by atoms with Crippen molar-refractivity contribution >= 4 is 55.7 Å². The van der Waals surface area contributed by atoms with E-state index in [1.54, 1.807) is 0 Å². The van der Waals surface area contributed by atoms with Crippen molar-refractivity contribution < 1.29 is 0 Å². The molecule has 1 heterocycles. The highest BCUT2D eigenvalue weighted by molar-refractivity contribution is 6.09. The number of rotatable bonds is 5. The minimum Gasteiger partial charge on any atom is -0.308 e. The van der Waals surface area contributed by atoms with Crippen molar-refractivity contribution in [1.29, 1.82) is 0 Å². The van der Waals surface area contributed by atoms with E-state index in [2.05, 4.69) is 232 Å². The van der Waals surface area contributed by atoms with Crippen LogP contribution in [0.5, 0.6) is 0 Å². The van der Waals surface area contributed by atoms with Gasteiger partial charge in [-0.25, -0.2) is 0 Å².